The summed E-state index contributed by atoms with van der Waals surface area (Å²) in [6, 6.07) is -0.279. The van der Waals surface area contributed by atoms with Gasteiger partial charge in [-0.15, -0.1) is 0 Å². The Bertz CT molecular complexity index is 440. The molecule has 6 heteroatoms. The number of amides is 2. The number of nitrogens with zero attached hydrogens (tertiary/aromatic N) is 3. The average Bonchev–Trinajstić information content (AvgIpc) is 2.73. The summed E-state index contributed by atoms with van der Waals surface area (Å²) >= 11 is 0. The Labute approximate surface area is 93.0 Å². The number of hydrogen-bond donors (Lipinski definition) is 1. The van der Waals surface area contributed by atoms with Crippen LogP contribution in [0, 0.1) is 5.92 Å². The first-order valence-corrected chi connectivity index (χ1v) is 5.04. The Balaban J connectivity index is 2.36. The molecular weight excluding hydrogens is 208 g/mol. The van der Waals surface area contributed by atoms with Crippen molar-refractivity contribution in [2.75, 3.05) is 7.05 Å². The van der Waals surface area contributed by atoms with Crippen LogP contribution in [-0.2, 0) is 16.6 Å². The van der Waals surface area contributed by atoms with E-state index in [0.29, 0.717) is 0 Å². The van der Waals surface area contributed by atoms with Crippen molar-refractivity contribution in [1.82, 2.24) is 14.7 Å². The molecular formula is C10H14N4O2. The Morgan fingerprint density at radius 1 is 1.56 bits per heavy atom. The molecule has 0 radical (unpaired) electrons. The molecule has 0 aromatic carbocycles. The number of aryl methyl sites for hydroxylation is 1. The molecule has 1 aromatic rings. The summed E-state index contributed by atoms with van der Waals surface area (Å²) in [5.41, 5.74) is 6.16. The molecule has 2 rings (SSSR count). The first-order valence-electron chi connectivity index (χ1n) is 5.04. The second-order valence-corrected chi connectivity index (χ2v) is 4.11. The van der Waals surface area contributed by atoms with Gasteiger partial charge in [-0.05, 0) is 0 Å². The minimum Gasteiger partial charge on any atom is -0.369 e. The molecule has 2 atom stereocenters. The molecule has 6 nitrogen and oxygen atoms in total. The molecule has 2 unspecified atom stereocenters. The maximum Gasteiger partial charge on any atom is 0.223 e. The standard InChI is InChI=1S/C10H14N4O2/c1-13-5-6(4-12-13)9-7(10(11)16)3-8(15)14(9)2/h4-5,7,9H,3H2,1-2H3,(H2,11,16). The normalized spacial score (nSPS) is 25.1. The van der Waals surface area contributed by atoms with Crippen molar-refractivity contribution >= 4 is 11.8 Å². The molecule has 1 aliphatic rings. The Morgan fingerprint density at radius 3 is 2.75 bits per heavy atom. The van der Waals surface area contributed by atoms with Gasteiger partial charge in [-0.3, -0.25) is 14.3 Å². The molecule has 2 N–H and O–H groups in total. The molecule has 1 aliphatic heterocycles. The predicted octanol–water partition coefficient (Wildman–Crippen LogP) is -0.575. The minimum atomic E-state index is -0.457. The van der Waals surface area contributed by atoms with Crippen LogP contribution in [0.1, 0.15) is 18.0 Å². The van der Waals surface area contributed by atoms with E-state index in [0.717, 1.165) is 5.56 Å². The smallest absolute Gasteiger partial charge is 0.223 e. The third kappa shape index (κ3) is 1.56. The number of aromatic nitrogens is 2. The molecule has 1 saturated heterocycles. The second-order valence-electron chi connectivity index (χ2n) is 4.11. The van der Waals surface area contributed by atoms with E-state index in [9.17, 15) is 9.59 Å². The maximum absolute atomic E-state index is 11.6. The molecule has 0 spiro atoms. The summed E-state index contributed by atoms with van der Waals surface area (Å²) < 4.78 is 1.64. The number of nitrogens with two attached hydrogens (primary N) is 1. The zero-order valence-electron chi connectivity index (χ0n) is 9.25. The Morgan fingerprint density at radius 2 is 2.25 bits per heavy atom. The second kappa shape index (κ2) is 3.62. The highest BCUT2D eigenvalue weighted by atomic mass is 16.2. The van der Waals surface area contributed by atoms with E-state index in [2.05, 4.69) is 5.10 Å². The van der Waals surface area contributed by atoms with E-state index >= 15 is 0 Å². The van der Waals surface area contributed by atoms with E-state index in [4.69, 9.17) is 5.73 Å². The van der Waals surface area contributed by atoms with Gasteiger partial charge in [0, 0.05) is 32.3 Å². The maximum atomic E-state index is 11.6. The van der Waals surface area contributed by atoms with Crippen LogP contribution in [-0.4, -0.2) is 33.5 Å². The van der Waals surface area contributed by atoms with Gasteiger partial charge >= 0.3 is 0 Å². The van der Waals surface area contributed by atoms with Gasteiger partial charge in [-0.1, -0.05) is 0 Å². The first kappa shape index (κ1) is 10.7. The fourth-order valence-corrected chi connectivity index (χ4v) is 2.17. The Kier molecular flexibility index (Phi) is 2.41. The molecule has 2 heterocycles. The zero-order chi connectivity index (χ0) is 11.9. The van der Waals surface area contributed by atoms with Crippen LogP contribution in [0.2, 0.25) is 0 Å². The van der Waals surface area contributed by atoms with Crippen molar-refractivity contribution in [3.05, 3.63) is 18.0 Å². The summed E-state index contributed by atoms with van der Waals surface area (Å²) in [7, 11) is 3.47. The minimum absolute atomic E-state index is 0.0577. The molecule has 2 amide bonds. The van der Waals surface area contributed by atoms with Crippen molar-refractivity contribution in [2.45, 2.75) is 12.5 Å². The fraction of sp³-hybridized carbons (Fsp3) is 0.500. The van der Waals surface area contributed by atoms with E-state index in [1.165, 1.54) is 0 Å². The van der Waals surface area contributed by atoms with Gasteiger partial charge in [-0.2, -0.15) is 5.10 Å². The molecule has 1 fully saturated rings. The number of carbonyl (C=O) groups is 2. The highest BCUT2D eigenvalue weighted by Gasteiger charge is 2.42. The number of hydrogen-bond acceptors (Lipinski definition) is 3. The summed E-state index contributed by atoms with van der Waals surface area (Å²) in [6.45, 7) is 0. The average molecular weight is 222 g/mol. The monoisotopic (exact) mass is 222 g/mol. The molecule has 0 aliphatic carbocycles. The summed E-state index contributed by atoms with van der Waals surface area (Å²) in [5, 5.41) is 4.04. The van der Waals surface area contributed by atoms with Gasteiger partial charge in [0.2, 0.25) is 11.8 Å². The van der Waals surface area contributed by atoms with Crippen LogP contribution in [0.4, 0.5) is 0 Å². The van der Waals surface area contributed by atoms with Gasteiger partial charge < -0.3 is 10.6 Å². The lowest BCUT2D eigenvalue weighted by Crippen LogP contribution is -2.30. The van der Waals surface area contributed by atoms with Gasteiger partial charge in [0.25, 0.3) is 0 Å². The number of likely N-dealkylation sites (tertiary alicyclic amines) is 1. The van der Waals surface area contributed by atoms with Crippen LogP contribution in [0.15, 0.2) is 12.4 Å². The van der Waals surface area contributed by atoms with Gasteiger partial charge in [0.1, 0.15) is 0 Å². The number of rotatable bonds is 2. The highest BCUT2D eigenvalue weighted by molar-refractivity contribution is 5.89. The molecule has 86 valence electrons. The highest BCUT2D eigenvalue weighted by Crippen LogP contribution is 2.36. The molecule has 16 heavy (non-hydrogen) atoms. The van der Waals surface area contributed by atoms with E-state index < -0.39 is 11.8 Å². The topological polar surface area (TPSA) is 81.2 Å². The van der Waals surface area contributed by atoms with Gasteiger partial charge in [0.15, 0.2) is 0 Å². The Hall–Kier alpha value is -1.85. The van der Waals surface area contributed by atoms with Crippen molar-refractivity contribution in [3.63, 3.8) is 0 Å². The summed E-state index contributed by atoms with van der Waals surface area (Å²) in [5.74, 6) is -0.953. The third-order valence-electron chi connectivity index (χ3n) is 3.02. The van der Waals surface area contributed by atoms with E-state index in [1.807, 2.05) is 0 Å². The number of carbonyl (C=O) groups excluding carboxylic acids is 2. The lowest BCUT2D eigenvalue weighted by atomic mass is 9.95. The van der Waals surface area contributed by atoms with Crippen molar-refractivity contribution in [1.29, 1.82) is 0 Å². The zero-order valence-corrected chi connectivity index (χ0v) is 9.25. The van der Waals surface area contributed by atoms with Crippen molar-refractivity contribution in [2.24, 2.45) is 18.7 Å². The SMILES string of the molecule is CN1C(=O)CC(C(N)=O)C1c1cnn(C)c1. The largest absolute Gasteiger partial charge is 0.369 e. The van der Waals surface area contributed by atoms with Crippen LogP contribution < -0.4 is 5.73 Å². The molecule has 0 saturated carbocycles. The molecule has 1 aromatic heterocycles. The van der Waals surface area contributed by atoms with Crippen LogP contribution in [0.25, 0.3) is 0 Å². The van der Waals surface area contributed by atoms with Crippen molar-refractivity contribution in [3.8, 4) is 0 Å². The molecule has 0 bridgehead atoms. The number of primary amides is 1. The van der Waals surface area contributed by atoms with Gasteiger partial charge in [0.05, 0.1) is 18.2 Å². The first-order chi connectivity index (χ1) is 7.50. The third-order valence-corrected chi connectivity index (χ3v) is 3.02. The van der Waals surface area contributed by atoms with E-state index in [-0.39, 0.29) is 18.4 Å². The summed E-state index contributed by atoms with van der Waals surface area (Å²) in [6.07, 6.45) is 3.65. The van der Waals surface area contributed by atoms with Crippen LogP contribution >= 0.6 is 0 Å². The van der Waals surface area contributed by atoms with Crippen molar-refractivity contribution < 1.29 is 9.59 Å². The van der Waals surface area contributed by atoms with Crippen LogP contribution in [0.3, 0.4) is 0 Å². The predicted molar refractivity (Wildman–Crippen MR) is 56.0 cm³/mol. The van der Waals surface area contributed by atoms with Gasteiger partial charge in [-0.25, -0.2) is 0 Å². The fourth-order valence-electron chi connectivity index (χ4n) is 2.17. The lowest BCUT2D eigenvalue weighted by Gasteiger charge is -2.21. The lowest BCUT2D eigenvalue weighted by molar-refractivity contribution is -0.128. The summed E-state index contributed by atoms with van der Waals surface area (Å²) in [4.78, 5) is 24.4. The quantitative estimate of drug-likeness (QED) is 0.727. The van der Waals surface area contributed by atoms with Crippen LogP contribution in [0.5, 0.6) is 0 Å². The van der Waals surface area contributed by atoms with E-state index in [1.54, 1.807) is 36.1 Å².